The van der Waals surface area contributed by atoms with Crippen molar-refractivity contribution in [1.82, 2.24) is 5.32 Å². The third kappa shape index (κ3) is 63.3. The summed E-state index contributed by atoms with van der Waals surface area (Å²) in [6.45, 7) is 4.97. The molecule has 0 aliphatic carbocycles. The molecule has 0 aromatic heterocycles. The molecule has 0 rings (SSSR count). The summed E-state index contributed by atoms with van der Waals surface area (Å²) in [6.07, 6.45) is 86.2. The summed E-state index contributed by atoms with van der Waals surface area (Å²) in [5.74, 6) is -0.0226. The van der Waals surface area contributed by atoms with E-state index in [0.29, 0.717) is 25.9 Å². The summed E-state index contributed by atoms with van der Waals surface area (Å²) in [7, 11) is 0. The van der Waals surface area contributed by atoms with E-state index in [1.54, 1.807) is 0 Å². The molecule has 0 saturated heterocycles. The third-order valence-electron chi connectivity index (χ3n) is 16.4. The Morgan fingerprint density at radius 1 is 0.359 bits per heavy atom. The predicted molar refractivity (Wildman–Crippen MR) is 343 cm³/mol. The molecule has 0 aliphatic rings. The highest BCUT2D eigenvalue weighted by atomic mass is 16.5. The highest BCUT2D eigenvalue weighted by Gasteiger charge is 2.20. The molecule has 0 aliphatic heterocycles. The molecule has 2 unspecified atom stereocenters. The molecule has 1 amide bonds. The summed E-state index contributed by atoms with van der Waals surface area (Å²) in [4.78, 5) is 24.6. The van der Waals surface area contributed by atoms with Gasteiger partial charge in [-0.25, -0.2) is 0 Å². The van der Waals surface area contributed by atoms with Crippen molar-refractivity contribution in [3.8, 4) is 0 Å². The number of aliphatic hydroxyl groups is 2. The van der Waals surface area contributed by atoms with Crippen molar-refractivity contribution in [2.45, 2.75) is 398 Å². The molecule has 78 heavy (non-hydrogen) atoms. The van der Waals surface area contributed by atoms with E-state index in [1.807, 2.05) is 0 Å². The van der Waals surface area contributed by atoms with Crippen LogP contribution in [0.2, 0.25) is 0 Å². The van der Waals surface area contributed by atoms with Gasteiger partial charge < -0.3 is 20.3 Å². The van der Waals surface area contributed by atoms with E-state index in [0.717, 1.165) is 51.4 Å². The Morgan fingerprint density at radius 2 is 0.641 bits per heavy atom. The van der Waals surface area contributed by atoms with Crippen LogP contribution in [0.5, 0.6) is 0 Å². The van der Waals surface area contributed by atoms with Gasteiger partial charge in [0.25, 0.3) is 0 Å². The number of amides is 1. The summed E-state index contributed by atoms with van der Waals surface area (Å²) in [5, 5.41) is 23.3. The van der Waals surface area contributed by atoms with E-state index < -0.39 is 12.1 Å². The smallest absolute Gasteiger partial charge is 0.305 e. The molecule has 2 atom stereocenters. The molecule has 0 saturated carbocycles. The Bertz CT molecular complexity index is 1260. The number of allylic oxidation sites excluding steroid dienone is 6. The van der Waals surface area contributed by atoms with Crippen molar-refractivity contribution in [3.63, 3.8) is 0 Å². The van der Waals surface area contributed by atoms with Gasteiger partial charge in [0.2, 0.25) is 5.91 Å². The Labute approximate surface area is 487 Å². The van der Waals surface area contributed by atoms with Crippen molar-refractivity contribution in [2.24, 2.45) is 0 Å². The summed E-state index contributed by atoms with van der Waals surface area (Å²) < 4.78 is 5.50. The van der Waals surface area contributed by atoms with Crippen LogP contribution in [0.3, 0.4) is 0 Å². The lowest BCUT2D eigenvalue weighted by Gasteiger charge is -2.22. The topological polar surface area (TPSA) is 95.9 Å². The van der Waals surface area contributed by atoms with E-state index in [2.05, 4.69) is 55.6 Å². The molecule has 0 fully saturated rings. The maximum absolute atomic E-state index is 12.5. The average Bonchev–Trinajstić information content (AvgIpc) is 3.44. The third-order valence-corrected chi connectivity index (χ3v) is 16.4. The summed E-state index contributed by atoms with van der Waals surface area (Å²) in [5.41, 5.74) is 0. The fraction of sp³-hybridized carbons (Fsp3) is 0.889. The van der Waals surface area contributed by atoms with Gasteiger partial charge in [-0.05, 0) is 83.5 Å². The first-order valence-electron chi connectivity index (χ1n) is 35.2. The Morgan fingerprint density at radius 3 is 0.987 bits per heavy atom. The van der Waals surface area contributed by atoms with Crippen LogP contribution in [0.4, 0.5) is 0 Å². The first-order chi connectivity index (χ1) is 38.5. The second-order valence-corrected chi connectivity index (χ2v) is 24.2. The number of ether oxygens (including phenoxy) is 1. The highest BCUT2D eigenvalue weighted by Crippen LogP contribution is 2.18. The van der Waals surface area contributed by atoms with Crippen LogP contribution in [-0.4, -0.2) is 47.4 Å². The van der Waals surface area contributed by atoms with E-state index in [-0.39, 0.29) is 18.5 Å². The molecule has 460 valence electrons. The largest absolute Gasteiger partial charge is 0.466 e. The number of carbonyl (C=O) groups excluding carboxylic acids is 2. The molecule has 6 heteroatoms. The fourth-order valence-electron chi connectivity index (χ4n) is 11.0. The number of aliphatic hydroxyl groups excluding tert-OH is 2. The van der Waals surface area contributed by atoms with E-state index in [9.17, 15) is 19.8 Å². The summed E-state index contributed by atoms with van der Waals surface area (Å²) in [6, 6.07) is -0.540. The van der Waals surface area contributed by atoms with Crippen molar-refractivity contribution >= 4 is 11.9 Å². The van der Waals surface area contributed by atoms with E-state index >= 15 is 0 Å². The predicted octanol–water partition coefficient (Wildman–Crippen LogP) is 22.7. The van der Waals surface area contributed by atoms with Crippen LogP contribution in [0, 0.1) is 0 Å². The Balaban J connectivity index is 3.37. The quantitative estimate of drug-likeness (QED) is 0.0320. The monoisotopic (exact) mass is 1100 g/mol. The SMILES string of the molecule is CCCCCCCC/C=C\CCCCCCCCCC(=O)OCCCCCCCCCCC/C=C\C/C=C\CCCCCCCCCCCCCCCCCC(=O)NC(CO)C(O)CCCCCCCCCCCCCCC. The zero-order chi connectivity index (χ0) is 56.4. The molecule has 0 heterocycles. The van der Waals surface area contributed by atoms with Gasteiger partial charge in [-0.15, -0.1) is 0 Å². The fourth-order valence-corrected chi connectivity index (χ4v) is 11.0. The van der Waals surface area contributed by atoms with E-state index in [1.165, 1.54) is 302 Å². The zero-order valence-corrected chi connectivity index (χ0v) is 52.7. The van der Waals surface area contributed by atoms with Gasteiger partial charge in [0.1, 0.15) is 0 Å². The van der Waals surface area contributed by atoms with Crippen LogP contribution in [0.15, 0.2) is 36.5 Å². The lowest BCUT2D eigenvalue weighted by atomic mass is 10.0. The van der Waals surface area contributed by atoms with Gasteiger partial charge in [0.15, 0.2) is 0 Å². The van der Waals surface area contributed by atoms with Crippen molar-refractivity contribution < 1.29 is 24.5 Å². The lowest BCUT2D eigenvalue weighted by Crippen LogP contribution is -2.45. The van der Waals surface area contributed by atoms with Crippen molar-refractivity contribution in [1.29, 1.82) is 0 Å². The normalized spacial score (nSPS) is 12.7. The molecule has 0 radical (unpaired) electrons. The molecule has 0 bridgehead atoms. The number of hydrogen-bond donors (Lipinski definition) is 3. The standard InChI is InChI=1S/C72H137NO5/c1-3-5-7-9-11-13-15-17-18-34-38-42-46-50-54-58-62-66-72(77)78-67-63-59-55-51-47-43-39-36-33-31-29-27-25-23-21-19-20-22-24-26-28-30-32-35-37-41-45-49-53-57-61-65-71(76)73-69(68-74)70(75)64-60-56-52-48-44-40-16-14-12-10-8-6-4-2/h17-18,21,23,27,29,69-70,74-75H,3-16,19-20,22,24-26,28,30-68H2,1-2H3,(H,73,76)/b18-17-,23-21-,29-27-. The molecule has 6 nitrogen and oxygen atoms in total. The minimum Gasteiger partial charge on any atom is -0.466 e. The van der Waals surface area contributed by atoms with Gasteiger partial charge in [-0.2, -0.15) is 0 Å². The molecule has 0 aromatic rings. The van der Waals surface area contributed by atoms with Crippen LogP contribution < -0.4 is 5.32 Å². The first kappa shape index (κ1) is 76.1. The molecular weight excluding hydrogens is 959 g/mol. The van der Waals surface area contributed by atoms with E-state index in [4.69, 9.17) is 4.74 Å². The average molecular weight is 1100 g/mol. The molecule has 3 N–H and O–H groups in total. The van der Waals surface area contributed by atoms with Gasteiger partial charge in [-0.3, -0.25) is 9.59 Å². The summed E-state index contributed by atoms with van der Waals surface area (Å²) >= 11 is 0. The minimum atomic E-state index is -0.663. The highest BCUT2D eigenvalue weighted by molar-refractivity contribution is 5.76. The minimum absolute atomic E-state index is 0.0102. The van der Waals surface area contributed by atoms with Crippen LogP contribution in [0.1, 0.15) is 386 Å². The molecular formula is C72H137NO5. The van der Waals surface area contributed by atoms with Gasteiger partial charge in [-0.1, -0.05) is 326 Å². The van der Waals surface area contributed by atoms with Crippen molar-refractivity contribution in [3.05, 3.63) is 36.5 Å². The Hall–Kier alpha value is -1.92. The number of rotatable bonds is 66. The molecule has 0 spiro atoms. The number of esters is 1. The van der Waals surface area contributed by atoms with Gasteiger partial charge in [0.05, 0.1) is 25.4 Å². The van der Waals surface area contributed by atoms with Crippen LogP contribution in [-0.2, 0) is 14.3 Å². The number of nitrogens with one attached hydrogen (secondary N) is 1. The second kappa shape index (κ2) is 67.6. The maximum Gasteiger partial charge on any atom is 0.305 e. The van der Waals surface area contributed by atoms with Gasteiger partial charge in [0, 0.05) is 12.8 Å². The zero-order valence-electron chi connectivity index (χ0n) is 52.7. The second-order valence-electron chi connectivity index (χ2n) is 24.2. The Kier molecular flexibility index (Phi) is 65.9. The molecule has 0 aromatic carbocycles. The maximum atomic E-state index is 12.5. The van der Waals surface area contributed by atoms with Crippen molar-refractivity contribution in [2.75, 3.05) is 13.2 Å². The number of hydrogen-bond acceptors (Lipinski definition) is 5. The van der Waals surface area contributed by atoms with Crippen LogP contribution in [0.25, 0.3) is 0 Å². The number of unbranched alkanes of at least 4 members (excludes halogenated alkanes) is 49. The number of carbonyl (C=O) groups is 2. The lowest BCUT2D eigenvalue weighted by molar-refractivity contribution is -0.143. The first-order valence-corrected chi connectivity index (χ1v) is 35.2. The van der Waals surface area contributed by atoms with Crippen LogP contribution >= 0.6 is 0 Å². The van der Waals surface area contributed by atoms with Gasteiger partial charge >= 0.3 is 5.97 Å².